The number of hydrogen-bond acceptors (Lipinski definition) is 4. The van der Waals surface area contributed by atoms with Crippen molar-refractivity contribution < 1.29 is 14.0 Å². The van der Waals surface area contributed by atoms with E-state index in [4.69, 9.17) is 4.42 Å². The van der Waals surface area contributed by atoms with Crippen LogP contribution in [0, 0.1) is 0 Å². The molecule has 1 aliphatic heterocycles. The number of furan rings is 1. The van der Waals surface area contributed by atoms with Gasteiger partial charge in [-0.3, -0.25) is 9.59 Å². The van der Waals surface area contributed by atoms with E-state index in [-0.39, 0.29) is 11.8 Å². The van der Waals surface area contributed by atoms with Crippen LogP contribution in [0.1, 0.15) is 48.2 Å². The van der Waals surface area contributed by atoms with Gasteiger partial charge in [0.25, 0.3) is 5.91 Å². The van der Waals surface area contributed by atoms with Crippen LogP contribution >= 0.6 is 15.9 Å². The number of halogens is 1. The first-order chi connectivity index (χ1) is 17.5. The summed E-state index contributed by atoms with van der Waals surface area (Å²) in [6.07, 6.45) is 3.08. The summed E-state index contributed by atoms with van der Waals surface area (Å²) < 4.78 is 6.95. The molecule has 0 aliphatic carbocycles. The molecule has 1 fully saturated rings. The van der Waals surface area contributed by atoms with Gasteiger partial charge in [-0.2, -0.15) is 0 Å². The molecule has 1 aromatic heterocycles. The lowest BCUT2D eigenvalue weighted by Gasteiger charge is -2.32. The zero-order chi connectivity index (χ0) is 25.1. The number of nitrogens with one attached hydrogen (secondary N) is 2. The highest BCUT2D eigenvalue weighted by Crippen LogP contribution is 2.34. The van der Waals surface area contributed by atoms with Crippen LogP contribution in [0.5, 0.6) is 0 Å². The van der Waals surface area contributed by atoms with E-state index < -0.39 is 0 Å². The number of anilines is 1. The highest BCUT2D eigenvalue weighted by atomic mass is 79.9. The van der Waals surface area contributed by atoms with Crippen LogP contribution in [-0.2, 0) is 4.79 Å². The lowest BCUT2D eigenvalue weighted by atomic mass is 9.89. The molecular formula is C29H30BrN3O3. The predicted molar refractivity (Wildman–Crippen MR) is 148 cm³/mol. The van der Waals surface area contributed by atoms with Crippen LogP contribution in [0.4, 0.5) is 5.69 Å². The van der Waals surface area contributed by atoms with E-state index in [9.17, 15) is 9.59 Å². The normalized spacial score (nSPS) is 14.8. The Kier molecular flexibility index (Phi) is 7.39. The largest absolute Gasteiger partial charge is 0.450 e. The van der Waals surface area contributed by atoms with Gasteiger partial charge in [-0.1, -0.05) is 52.3 Å². The van der Waals surface area contributed by atoms with Gasteiger partial charge < -0.3 is 20.0 Å². The minimum Gasteiger partial charge on any atom is -0.450 e. The molecule has 0 unspecified atom stereocenters. The first-order valence-electron chi connectivity index (χ1n) is 12.5. The zero-order valence-electron chi connectivity index (χ0n) is 20.4. The van der Waals surface area contributed by atoms with Crippen molar-refractivity contribution in [2.75, 3.05) is 31.5 Å². The van der Waals surface area contributed by atoms with Crippen LogP contribution in [-0.4, -0.2) is 42.9 Å². The van der Waals surface area contributed by atoms with Crippen molar-refractivity contribution in [1.82, 2.24) is 10.2 Å². The molecule has 0 saturated carbocycles. The molecule has 186 valence electrons. The number of amides is 2. The molecular weight excluding hydrogens is 518 g/mol. The van der Waals surface area contributed by atoms with Crippen molar-refractivity contribution in [3.8, 4) is 0 Å². The molecule has 4 aromatic rings. The van der Waals surface area contributed by atoms with E-state index in [0.717, 1.165) is 70.8 Å². The number of piperidine rings is 1. The van der Waals surface area contributed by atoms with Crippen LogP contribution in [0.2, 0.25) is 0 Å². The second-order valence-corrected chi connectivity index (χ2v) is 10.3. The smallest absolute Gasteiger partial charge is 0.287 e. The average molecular weight is 548 g/mol. The molecule has 36 heavy (non-hydrogen) atoms. The SMILES string of the molecule is CC(=O)Nc1cccc(C2CCN(CCCNC(=O)c3cc4cc(Br)c5ccccc5c4o3)CC2)c1. The van der Waals surface area contributed by atoms with Crippen molar-refractivity contribution in [2.45, 2.75) is 32.1 Å². The molecule has 0 atom stereocenters. The first-order valence-corrected chi connectivity index (χ1v) is 13.3. The zero-order valence-corrected chi connectivity index (χ0v) is 21.9. The van der Waals surface area contributed by atoms with E-state index in [1.54, 1.807) is 0 Å². The summed E-state index contributed by atoms with van der Waals surface area (Å²) >= 11 is 3.62. The maximum Gasteiger partial charge on any atom is 0.287 e. The summed E-state index contributed by atoms with van der Waals surface area (Å²) in [6.45, 7) is 5.17. The van der Waals surface area contributed by atoms with Crippen molar-refractivity contribution in [2.24, 2.45) is 0 Å². The van der Waals surface area contributed by atoms with Crippen LogP contribution in [0.25, 0.3) is 21.7 Å². The Bertz CT molecular complexity index is 1410. The molecule has 0 spiro atoms. The Morgan fingerprint density at radius 2 is 1.81 bits per heavy atom. The number of nitrogens with zero attached hydrogens (tertiary/aromatic N) is 1. The first kappa shape index (κ1) is 24.5. The molecule has 5 rings (SSSR count). The molecule has 2 amide bonds. The maximum atomic E-state index is 12.7. The van der Waals surface area contributed by atoms with Gasteiger partial charge in [-0.05, 0) is 80.0 Å². The van der Waals surface area contributed by atoms with Gasteiger partial charge in [0.15, 0.2) is 5.76 Å². The third kappa shape index (κ3) is 5.47. The average Bonchev–Trinajstić information content (AvgIpc) is 3.31. The van der Waals surface area contributed by atoms with Crippen molar-refractivity contribution >= 4 is 55.2 Å². The number of fused-ring (bicyclic) bond motifs is 3. The van der Waals surface area contributed by atoms with Gasteiger partial charge in [-0.25, -0.2) is 0 Å². The number of likely N-dealkylation sites (tertiary alicyclic amines) is 1. The second kappa shape index (κ2) is 10.8. The molecule has 0 bridgehead atoms. The molecule has 3 aromatic carbocycles. The fraction of sp³-hybridized carbons (Fsp3) is 0.310. The summed E-state index contributed by atoms with van der Waals surface area (Å²) in [6, 6.07) is 20.0. The summed E-state index contributed by atoms with van der Waals surface area (Å²) in [5.74, 6) is 0.634. The minimum atomic E-state index is -0.177. The Hall–Kier alpha value is -3.16. The van der Waals surface area contributed by atoms with E-state index in [0.29, 0.717) is 18.2 Å². The highest BCUT2D eigenvalue weighted by molar-refractivity contribution is 9.10. The molecule has 1 aliphatic rings. The van der Waals surface area contributed by atoms with E-state index in [1.165, 1.54) is 12.5 Å². The van der Waals surface area contributed by atoms with E-state index >= 15 is 0 Å². The molecule has 1 saturated heterocycles. The van der Waals surface area contributed by atoms with Crippen molar-refractivity contribution in [3.63, 3.8) is 0 Å². The molecule has 2 heterocycles. The quantitative estimate of drug-likeness (QED) is 0.266. The number of carbonyl (C=O) groups excluding carboxylic acids is 2. The number of rotatable bonds is 7. The fourth-order valence-electron chi connectivity index (χ4n) is 5.09. The van der Waals surface area contributed by atoms with Crippen molar-refractivity contribution in [1.29, 1.82) is 0 Å². The fourth-order valence-corrected chi connectivity index (χ4v) is 5.69. The molecule has 2 N–H and O–H groups in total. The van der Waals surface area contributed by atoms with Crippen LogP contribution < -0.4 is 10.6 Å². The lowest BCUT2D eigenvalue weighted by molar-refractivity contribution is -0.114. The minimum absolute atomic E-state index is 0.0454. The third-order valence-electron chi connectivity index (χ3n) is 6.90. The summed E-state index contributed by atoms with van der Waals surface area (Å²) in [5, 5.41) is 8.86. The topological polar surface area (TPSA) is 74.6 Å². The van der Waals surface area contributed by atoms with E-state index in [1.807, 2.05) is 48.5 Å². The summed E-state index contributed by atoms with van der Waals surface area (Å²) in [5.41, 5.74) is 2.90. The molecule has 7 heteroatoms. The summed E-state index contributed by atoms with van der Waals surface area (Å²) in [4.78, 5) is 26.5. The second-order valence-electron chi connectivity index (χ2n) is 9.46. The van der Waals surface area contributed by atoms with Gasteiger partial charge in [-0.15, -0.1) is 0 Å². The maximum absolute atomic E-state index is 12.7. The van der Waals surface area contributed by atoms with Crippen LogP contribution in [0.15, 0.2) is 69.6 Å². The van der Waals surface area contributed by atoms with Crippen LogP contribution in [0.3, 0.4) is 0 Å². The Labute approximate surface area is 219 Å². The lowest BCUT2D eigenvalue weighted by Crippen LogP contribution is -2.35. The van der Waals surface area contributed by atoms with E-state index in [2.05, 4.69) is 43.6 Å². The predicted octanol–water partition coefficient (Wildman–Crippen LogP) is 6.31. The van der Waals surface area contributed by atoms with Gasteiger partial charge in [0.1, 0.15) is 5.58 Å². The standard InChI is InChI=1S/C29H30BrN3O3/c1-19(34)32-23-7-4-6-21(16-23)20-10-14-33(15-11-20)13-5-12-31-29(35)27-18-22-17-26(30)24-8-2-3-9-25(24)28(22)36-27/h2-4,6-9,16-18,20H,5,10-15H2,1H3,(H,31,35)(H,32,34). The molecule has 6 nitrogen and oxygen atoms in total. The third-order valence-corrected chi connectivity index (χ3v) is 7.55. The highest BCUT2D eigenvalue weighted by Gasteiger charge is 2.21. The Morgan fingerprint density at radius 3 is 2.58 bits per heavy atom. The number of benzene rings is 3. The van der Waals surface area contributed by atoms with Gasteiger partial charge in [0, 0.05) is 34.4 Å². The molecule has 0 radical (unpaired) electrons. The number of carbonyl (C=O) groups is 2. The summed E-state index contributed by atoms with van der Waals surface area (Å²) in [7, 11) is 0. The number of hydrogen-bond donors (Lipinski definition) is 2. The Balaban J connectivity index is 1.10. The monoisotopic (exact) mass is 547 g/mol. The van der Waals surface area contributed by atoms with Gasteiger partial charge in [0.2, 0.25) is 5.91 Å². The van der Waals surface area contributed by atoms with Gasteiger partial charge in [0.05, 0.1) is 0 Å². The Morgan fingerprint density at radius 1 is 1.03 bits per heavy atom. The van der Waals surface area contributed by atoms with Crippen molar-refractivity contribution in [3.05, 3.63) is 76.5 Å². The van der Waals surface area contributed by atoms with Gasteiger partial charge >= 0.3 is 0 Å².